The van der Waals surface area contributed by atoms with E-state index < -0.39 is 0 Å². The first-order valence-corrected chi connectivity index (χ1v) is 5.50. The molecule has 0 spiro atoms. The van der Waals surface area contributed by atoms with Gasteiger partial charge in [-0.15, -0.1) is 0 Å². The Labute approximate surface area is 52.0 Å². The molecule has 0 N–H and O–H groups in total. The lowest BCUT2D eigenvalue weighted by molar-refractivity contribution is 0.720. The van der Waals surface area contributed by atoms with Crippen LogP contribution in [-0.2, 0) is 0 Å². The lowest BCUT2D eigenvalue weighted by Crippen LogP contribution is -1.81. The topological polar surface area (TPSA) is 0 Å². The van der Waals surface area contributed by atoms with Crippen LogP contribution < -0.4 is 0 Å². The molecule has 1 heteroatoms. The fourth-order valence-electron chi connectivity index (χ4n) is 1.24. The zero-order valence-corrected chi connectivity index (χ0v) is 6.36. The summed E-state index contributed by atoms with van der Waals surface area (Å²) in [5.41, 5.74) is 0. The van der Waals surface area contributed by atoms with Crippen LogP contribution in [0.25, 0.3) is 0 Å². The number of rotatable bonds is 0. The predicted octanol–water partition coefficient (Wildman–Crippen LogP) is 1.83. The van der Waals surface area contributed by atoms with Crippen LogP contribution in [-0.4, -0.2) is 15.2 Å². The van der Waals surface area contributed by atoms with Crippen molar-refractivity contribution < 1.29 is 0 Å². The first-order valence-electron chi connectivity index (χ1n) is 3.50. The second-order valence-corrected chi connectivity index (χ2v) is 4.60. The Hall–Kier alpha value is 0.532. The molecule has 1 aliphatic heterocycles. The maximum atomic E-state index is 1.64. The lowest BCUT2D eigenvalue weighted by Gasteiger charge is -1.86. The van der Waals surface area contributed by atoms with Gasteiger partial charge < -0.3 is 0 Å². The Kier molecular flexibility index (Phi) is 2.85. The predicted molar refractivity (Wildman–Crippen MR) is 35.2 cm³/mol. The minimum absolute atomic E-state index is 0.474. The fourth-order valence-corrected chi connectivity index (χ4v) is 3.01. The maximum Gasteiger partial charge on any atom is 0.236 e. The molecule has 1 rings (SSSR count). The zero-order chi connectivity index (χ0) is 4.95. The summed E-state index contributed by atoms with van der Waals surface area (Å²) in [6.07, 6.45) is 6.19. The molecule has 1 aliphatic rings. The maximum absolute atomic E-state index is 1.64. The number of hydrogen-bond acceptors (Lipinski definition) is 0. The summed E-state index contributed by atoms with van der Waals surface area (Å²) in [5, 5.41) is 3.28. The lowest BCUT2D eigenvalue weighted by atomic mass is 10.2. The highest BCUT2D eigenvalue weighted by Gasteiger charge is 1.98. The molecular weight excluding hydrogens is 99.0 g/mol. The third-order valence-electron chi connectivity index (χ3n) is 1.75. The molecule has 0 aromatic rings. The van der Waals surface area contributed by atoms with Gasteiger partial charge in [-0.3, -0.25) is 0 Å². The highest BCUT2D eigenvalue weighted by molar-refractivity contribution is 6.35. The van der Waals surface area contributed by atoms with Crippen molar-refractivity contribution in [3.8, 4) is 0 Å². The zero-order valence-electron chi connectivity index (χ0n) is 4.95. The van der Waals surface area contributed by atoms with E-state index in [4.69, 9.17) is 0 Å². The Morgan fingerprint density at radius 3 is 1.86 bits per heavy atom. The molecule has 0 unspecified atom stereocenters. The van der Waals surface area contributed by atoms with E-state index in [-0.39, 0.29) is 0 Å². The van der Waals surface area contributed by atoms with E-state index >= 15 is 0 Å². The van der Waals surface area contributed by atoms with Crippen LogP contribution in [0.3, 0.4) is 0 Å². The second-order valence-electron chi connectivity index (χ2n) is 2.47. The van der Waals surface area contributed by atoms with Crippen LogP contribution in [0.2, 0.25) is 10.6 Å². The highest BCUT2D eigenvalue weighted by Crippen LogP contribution is 2.11. The Bertz CT molecular complexity index is 23.8. The molecule has 40 valence electrons. The van der Waals surface area contributed by atoms with E-state index in [1.165, 1.54) is 12.8 Å². The van der Waals surface area contributed by atoms with Crippen LogP contribution in [0.5, 0.6) is 0 Å². The van der Waals surface area contributed by atoms with Crippen molar-refractivity contribution in [1.82, 2.24) is 0 Å². The third-order valence-corrected chi connectivity index (χ3v) is 3.75. The van der Waals surface area contributed by atoms with E-state index in [0.717, 1.165) is 0 Å². The van der Waals surface area contributed by atoms with Crippen LogP contribution in [0, 0.1) is 0 Å². The standard InChI is InChI=1S/C6H12.Al.H/c1-3-5-6-4-2;;/h1-6H2;;. The molecule has 0 bridgehead atoms. The summed E-state index contributed by atoms with van der Waals surface area (Å²) in [5.74, 6) is 0. The molecule has 1 heterocycles. The van der Waals surface area contributed by atoms with Gasteiger partial charge in [0.05, 0.1) is 0 Å². The van der Waals surface area contributed by atoms with Crippen LogP contribution in [0.15, 0.2) is 0 Å². The monoisotopic (exact) mass is 112 g/mol. The first-order chi connectivity index (χ1) is 3.50. The van der Waals surface area contributed by atoms with Gasteiger partial charge in [-0.2, -0.15) is 0 Å². The van der Waals surface area contributed by atoms with Gasteiger partial charge in [0.15, 0.2) is 0 Å². The summed E-state index contributed by atoms with van der Waals surface area (Å²) in [4.78, 5) is 0. The molecule has 0 aliphatic carbocycles. The summed E-state index contributed by atoms with van der Waals surface area (Å²) in [6, 6.07) is 0. The molecule has 1 saturated heterocycles. The molecular formula is C6H13Al. The molecule has 0 amide bonds. The normalized spacial score (nSPS) is 22.9. The molecule has 0 atom stereocenters. The van der Waals surface area contributed by atoms with Crippen LogP contribution in [0.4, 0.5) is 0 Å². The van der Waals surface area contributed by atoms with Gasteiger partial charge in [0.25, 0.3) is 0 Å². The van der Waals surface area contributed by atoms with Crippen molar-refractivity contribution in [3.63, 3.8) is 0 Å². The molecule has 1 fully saturated rings. The van der Waals surface area contributed by atoms with Crippen molar-refractivity contribution in [2.75, 3.05) is 0 Å². The molecule has 0 aromatic carbocycles. The largest absolute Gasteiger partial charge is 0.236 e. The van der Waals surface area contributed by atoms with Crippen molar-refractivity contribution >= 4 is 15.2 Å². The first kappa shape index (κ1) is 5.67. The minimum atomic E-state index is 0.474. The SMILES string of the molecule is C1CC[CH2][AlH][CH2]C1. The van der Waals surface area contributed by atoms with Gasteiger partial charge in [-0.25, -0.2) is 0 Å². The van der Waals surface area contributed by atoms with Gasteiger partial charge in [-0.1, -0.05) is 36.2 Å². The molecule has 7 heavy (non-hydrogen) atoms. The number of hydrogen-bond donors (Lipinski definition) is 0. The highest BCUT2D eigenvalue weighted by atomic mass is 27.1. The third kappa shape index (κ3) is 2.37. The van der Waals surface area contributed by atoms with Crippen LogP contribution >= 0.6 is 0 Å². The van der Waals surface area contributed by atoms with Crippen molar-refractivity contribution in [2.45, 2.75) is 36.2 Å². The van der Waals surface area contributed by atoms with Crippen LogP contribution in [0.1, 0.15) is 25.7 Å². The van der Waals surface area contributed by atoms with Gasteiger partial charge in [-0.05, 0) is 0 Å². The summed E-state index contributed by atoms with van der Waals surface area (Å²) < 4.78 is 0. The summed E-state index contributed by atoms with van der Waals surface area (Å²) in [6.45, 7) is 0. The van der Waals surface area contributed by atoms with Gasteiger partial charge in [0.2, 0.25) is 15.2 Å². The second kappa shape index (κ2) is 3.52. The summed E-state index contributed by atoms with van der Waals surface area (Å²) >= 11 is 0.474. The Balaban J connectivity index is 2.04. The van der Waals surface area contributed by atoms with Crippen molar-refractivity contribution in [3.05, 3.63) is 0 Å². The smallest absolute Gasteiger partial charge is 0.0972 e. The van der Waals surface area contributed by atoms with E-state index in [2.05, 4.69) is 0 Å². The van der Waals surface area contributed by atoms with E-state index in [0.29, 0.717) is 15.2 Å². The Morgan fingerprint density at radius 2 is 1.29 bits per heavy atom. The minimum Gasteiger partial charge on any atom is -0.0972 e. The van der Waals surface area contributed by atoms with E-state index in [1.54, 1.807) is 23.4 Å². The Morgan fingerprint density at radius 1 is 0.714 bits per heavy atom. The quantitative estimate of drug-likeness (QED) is 0.419. The van der Waals surface area contributed by atoms with Gasteiger partial charge in [0.1, 0.15) is 0 Å². The van der Waals surface area contributed by atoms with Crippen molar-refractivity contribution in [1.29, 1.82) is 0 Å². The molecule has 0 saturated carbocycles. The molecule has 0 radical (unpaired) electrons. The van der Waals surface area contributed by atoms with Gasteiger partial charge >= 0.3 is 0 Å². The van der Waals surface area contributed by atoms with Crippen molar-refractivity contribution in [2.24, 2.45) is 0 Å². The fraction of sp³-hybridized carbons (Fsp3) is 1.00. The van der Waals surface area contributed by atoms with E-state index in [1.807, 2.05) is 0 Å². The average Bonchev–Trinajstić information content (AvgIpc) is 1.90. The van der Waals surface area contributed by atoms with Gasteiger partial charge in [0, 0.05) is 0 Å². The van der Waals surface area contributed by atoms with E-state index in [9.17, 15) is 0 Å². The molecule has 0 nitrogen and oxygen atoms in total. The average molecular weight is 112 g/mol. The molecule has 0 aromatic heterocycles. The summed E-state index contributed by atoms with van der Waals surface area (Å²) in [7, 11) is 0.